The molecule has 1 aliphatic heterocycles. The fraction of sp³-hybridized carbons (Fsp3) is 0.0625. The number of aromatic amines is 1. The molecule has 24 heavy (non-hydrogen) atoms. The molecule has 0 saturated carbocycles. The molecule has 0 bridgehead atoms. The van der Waals surface area contributed by atoms with Crippen LogP contribution >= 0.6 is 0 Å². The van der Waals surface area contributed by atoms with Gasteiger partial charge in [-0.15, -0.1) is 10.2 Å². The van der Waals surface area contributed by atoms with E-state index in [1.807, 2.05) is 30.3 Å². The standard InChI is InChI=1S/C16H11N7O/c24-16-18-8-12(19-16)7-10-1-3-11(4-2-10)13-5-6-17-9-14(13)15-20-22-23-21-15/h1-6,8-9H,7H2,(H,20,21,22,23). The summed E-state index contributed by atoms with van der Waals surface area (Å²) in [5.74, 6) is 0.497. The third-order valence-electron chi connectivity index (χ3n) is 3.62. The van der Waals surface area contributed by atoms with E-state index in [9.17, 15) is 4.79 Å². The van der Waals surface area contributed by atoms with Gasteiger partial charge in [-0.1, -0.05) is 24.3 Å². The van der Waals surface area contributed by atoms with E-state index in [1.165, 1.54) is 6.21 Å². The zero-order valence-corrected chi connectivity index (χ0v) is 12.4. The van der Waals surface area contributed by atoms with Crippen LogP contribution in [0, 0.1) is 0 Å². The molecule has 1 aliphatic rings. The molecule has 3 heterocycles. The van der Waals surface area contributed by atoms with Crippen molar-refractivity contribution in [2.24, 2.45) is 9.98 Å². The number of aromatic nitrogens is 5. The number of H-pyrrole nitrogens is 1. The van der Waals surface area contributed by atoms with E-state index in [4.69, 9.17) is 0 Å². The van der Waals surface area contributed by atoms with Gasteiger partial charge in [0.1, 0.15) is 0 Å². The smallest absolute Gasteiger partial charge is 0.264 e. The number of hydrogen-bond donors (Lipinski definition) is 1. The molecule has 8 heteroatoms. The molecule has 0 aliphatic carbocycles. The van der Waals surface area contributed by atoms with Gasteiger partial charge in [-0.05, 0) is 28.0 Å². The summed E-state index contributed by atoms with van der Waals surface area (Å²) >= 11 is 0. The molecule has 1 aromatic carbocycles. The maximum Gasteiger partial charge on any atom is 0.367 e. The van der Waals surface area contributed by atoms with Crippen molar-refractivity contribution in [3.8, 4) is 22.5 Å². The van der Waals surface area contributed by atoms with Gasteiger partial charge in [0.05, 0.1) is 11.9 Å². The Balaban J connectivity index is 1.63. The number of benzene rings is 1. The van der Waals surface area contributed by atoms with Crippen LogP contribution in [-0.2, 0) is 6.42 Å². The van der Waals surface area contributed by atoms with E-state index >= 15 is 0 Å². The van der Waals surface area contributed by atoms with Crippen molar-refractivity contribution in [1.29, 1.82) is 0 Å². The largest absolute Gasteiger partial charge is 0.367 e. The molecule has 0 spiro atoms. The fourth-order valence-electron chi connectivity index (χ4n) is 2.51. The number of aliphatic imine (C=N–C) groups is 2. The second-order valence-corrected chi connectivity index (χ2v) is 5.17. The molecule has 3 aromatic rings. The Kier molecular flexibility index (Phi) is 3.47. The van der Waals surface area contributed by atoms with E-state index in [-0.39, 0.29) is 0 Å². The number of urea groups is 1. The number of nitrogens with zero attached hydrogens (tertiary/aromatic N) is 6. The van der Waals surface area contributed by atoms with Crippen LogP contribution in [0.3, 0.4) is 0 Å². The highest BCUT2D eigenvalue weighted by Crippen LogP contribution is 2.29. The van der Waals surface area contributed by atoms with E-state index in [0.29, 0.717) is 18.0 Å². The van der Waals surface area contributed by atoms with Crippen molar-refractivity contribution in [3.05, 3.63) is 48.3 Å². The van der Waals surface area contributed by atoms with Crippen LogP contribution in [0.1, 0.15) is 5.56 Å². The molecule has 0 saturated heterocycles. The minimum Gasteiger partial charge on any atom is -0.264 e. The molecule has 0 radical (unpaired) electrons. The van der Waals surface area contributed by atoms with E-state index < -0.39 is 6.03 Å². The van der Waals surface area contributed by atoms with Crippen molar-refractivity contribution < 1.29 is 4.79 Å². The monoisotopic (exact) mass is 317 g/mol. The van der Waals surface area contributed by atoms with E-state index in [1.54, 1.807) is 12.4 Å². The van der Waals surface area contributed by atoms with Crippen LogP contribution in [0.25, 0.3) is 22.5 Å². The molecule has 2 aromatic heterocycles. The van der Waals surface area contributed by atoms with Crippen molar-refractivity contribution in [3.63, 3.8) is 0 Å². The maximum atomic E-state index is 11.0. The van der Waals surface area contributed by atoms with Crippen LogP contribution in [0.2, 0.25) is 0 Å². The molecule has 0 atom stereocenters. The summed E-state index contributed by atoms with van der Waals surface area (Å²) in [5, 5.41) is 14.1. The molecular formula is C16H11N7O. The minimum atomic E-state index is -0.442. The average molecular weight is 317 g/mol. The summed E-state index contributed by atoms with van der Waals surface area (Å²) in [7, 11) is 0. The molecule has 4 rings (SSSR count). The quantitative estimate of drug-likeness (QED) is 0.792. The first-order valence-electron chi connectivity index (χ1n) is 7.22. The summed E-state index contributed by atoms with van der Waals surface area (Å²) in [6.07, 6.45) is 5.52. The number of tetrazole rings is 1. The van der Waals surface area contributed by atoms with Gasteiger partial charge in [-0.2, -0.15) is 15.2 Å². The fourth-order valence-corrected chi connectivity index (χ4v) is 2.51. The van der Waals surface area contributed by atoms with Crippen LogP contribution < -0.4 is 0 Å². The number of carbonyl (C=O) groups excluding carboxylic acids is 1. The number of rotatable bonds is 4. The van der Waals surface area contributed by atoms with E-state index in [0.717, 1.165) is 22.3 Å². The van der Waals surface area contributed by atoms with Crippen LogP contribution in [0.5, 0.6) is 0 Å². The summed E-state index contributed by atoms with van der Waals surface area (Å²) < 4.78 is 0. The second-order valence-electron chi connectivity index (χ2n) is 5.17. The first-order chi connectivity index (χ1) is 11.8. The molecule has 0 fully saturated rings. The van der Waals surface area contributed by atoms with Crippen molar-refractivity contribution in [2.75, 3.05) is 0 Å². The molecule has 116 valence electrons. The Hall–Kier alpha value is -3.55. The molecule has 0 unspecified atom stereocenters. The van der Waals surface area contributed by atoms with Gasteiger partial charge in [-0.25, -0.2) is 4.79 Å². The van der Waals surface area contributed by atoms with Crippen LogP contribution in [0.4, 0.5) is 4.79 Å². The highest BCUT2D eigenvalue weighted by molar-refractivity contribution is 6.37. The summed E-state index contributed by atoms with van der Waals surface area (Å²) in [5.41, 5.74) is 4.50. The summed E-state index contributed by atoms with van der Waals surface area (Å²) in [6.45, 7) is 0. The third kappa shape index (κ3) is 2.72. The predicted octanol–water partition coefficient (Wildman–Crippen LogP) is 2.12. The lowest BCUT2D eigenvalue weighted by atomic mass is 9.99. The summed E-state index contributed by atoms with van der Waals surface area (Å²) in [4.78, 5) is 22.6. The summed E-state index contributed by atoms with van der Waals surface area (Å²) in [6, 6.07) is 9.46. The predicted molar refractivity (Wildman–Crippen MR) is 87.9 cm³/mol. The van der Waals surface area contributed by atoms with Gasteiger partial charge in [0.25, 0.3) is 0 Å². The lowest BCUT2D eigenvalue weighted by Crippen LogP contribution is -2.01. The Morgan fingerprint density at radius 1 is 1.04 bits per heavy atom. The topological polar surface area (TPSA) is 109 Å². The zero-order valence-electron chi connectivity index (χ0n) is 12.4. The molecule has 1 N–H and O–H groups in total. The normalized spacial score (nSPS) is 13.3. The lowest BCUT2D eigenvalue weighted by Gasteiger charge is -2.07. The van der Waals surface area contributed by atoms with Gasteiger partial charge in [0.15, 0.2) is 0 Å². The SMILES string of the molecule is O=C1N=CC(Cc2ccc(-c3ccncc3-c3nn[nH]n3)cc2)=N1. The zero-order chi connectivity index (χ0) is 16.4. The lowest BCUT2D eigenvalue weighted by molar-refractivity contribution is 0.257. The number of pyridine rings is 1. The molecule has 2 amide bonds. The van der Waals surface area contributed by atoms with Gasteiger partial charge in [0.2, 0.25) is 5.82 Å². The van der Waals surface area contributed by atoms with Crippen molar-refractivity contribution >= 4 is 18.0 Å². The highest BCUT2D eigenvalue weighted by atomic mass is 16.2. The number of nitrogens with one attached hydrogen (secondary N) is 1. The Morgan fingerprint density at radius 3 is 2.62 bits per heavy atom. The van der Waals surface area contributed by atoms with E-state index in [2.05, 4.69) is 35.6 Å². The first kappa shape index (κ1) is 14.1. The van der Waals surface area contributed by atoms with Gasteiger partial charge in [0, 0.05) is 24.4 Å². The van der Waals surface area contributed by atoms with Crippen molar-refractivity contribution in [2.45, 2.75) is 6.42 Å². The molecular weight excluding hydrogens is 306 g/mol. The minimum absolute atomic E-state index is 0.442. The Bertz CT molecular complexity index is 943. The number of amides is 2. The highest BCUT2D eigenvalue weighted by Gasteiger charge is 2.12. The Labute approximate surface area is 136 Å². The van der Waals surface area contributed by atoms with Crippen LogP contribution in [-0.4, -0.2) is 43.6 Å². The first-order valence-corrected chi connectivity index (χ1v) is 7.22. The van der Waals surface area contributed by atoms with Gasteiger partial charge < -0.3 is 0 Å². The Morgan fingerprint density at radius 2 is 1.92 bits per heavy atom. The third-order valence-corrected chi connectivity index (χ3v) is 3.62. The van der Waals surface area contributed by atoms with Crippen LogP contribution in [0.15, 0.2) is 52.7 Å². The average Bonchev–Trinajstić information content (AvgIpc) is 3.28. The van der Waals surface area contributed by atoms with Gasteiger partial charge in [-0.3, -0.25) is 4.98 Å². The second kappa shape index (κ2) is 5.92. The number of hydrogen-bond acceptors (Lipinski definition) is 5. The molecule has 8 nitrogen and oxygen atoms in total. The number of carbonyl (C=O) groups is 1. The van der Waals surface area contributed by atoms with Crippen molar-refractivity contribution in [1.82, 2.24) is 25.6 Å². The maximum absolute atomic E-state index is 11.0. The van der Waals surface area contributed by atoms with Gasteiger partial charge >= 0.3 is 6.03 Å².